The lowest BCUT2D eigenvalue weighted by Gasteiger charge is -2.39. The molecule has 4 N–H and O–H groups in total. The molecule has 1 aromatic rings. The average Bonchev–Trinajstić information content (AvgIpc) is 3.42. The predicted molar refractivity (Wildman–Crippen MR) is 114 cm³/mol. The highest BCUT2D eigenvalue weighted by atomic mass is 16.7. The minimum Gasteiger partial charge on any atom is -0.462 e. The Kier molecular flexibility index (Phi) is 7.44. The van der Waals surface area contributed by atoms with E-state index < -0.39 is 37.3 Å². The van der Waals surface area contributed by atoms with E-state index in [4.69, 9.17) is 14.2 Å². The summed E-state index contributed by atoms with van der Waals surface area (Å²) in [5, 5.41) is 39.0. The van der Waals surface area contributed by atoms with Gasteiger partial charge in [-0.15, -0.1) is 0 Å². The lowest BCUT2D eigenvalue weighted by Crippen LogP contribution is -2.60. The van der Waals surface area contributed by atoms with Crippen LogP contribution in [0.4, 0.5) is 0 Å². The highest BCUT2D eigenvalue weighted by Crippen LogP contribution is 2.32. The van der Waals surface area contributed by atoms with Crippen LogP contribution >= 0.6 is 0 Å². The molecule has 9 heteroatoms. The summed E-state index contributed by atoms with van der Waals surface area (Å²) in [6.45, 7) is 2.19. The van der Waals surface area contributed by atoms with Crippen LogP contribution in [-0.2, 0) is 14.3 Å². The smallest absolute Gasteiger partial charge is 0.330 e. The van der Waals surface area contributed by atoms with E-state index in [2.05, 4.69) is 4.90 Å². The molecule has 0 saturated carbocycles. The molecule has 0 amide bonds. The molecule has 0 bridgehead atoms. The van der Waals surface area contributed by atoms with Gasteiger partial charge in [0.15, 0.2) is 0 Å². The van der Waals surface area contributed by atoms with E-state index in [-0.39, 0.29) is 5.97 Å². The predicted octanol–water partition coefficient (Wildman–Crippen LogP) is -0.0940. The summed E-state index contributed by atoms with van der Waals surface area (Å²) in [6, 6.07) is 7.25. The first-order valence-electron chi connectivity index (χ1n) is 11.1. The fraction of sp³-hybridized carbons (Fsp3) is 0.609. The number of aliphatic hydroxyl groups excluding tert-OH is 4. The van der Waals surface area contributed by atoms with Crippen LogP contribution in [0.25, 0.3) is 6.08 Å². The van der Waals surface area contributed by atoms with Crippen molar-refractivity contribution >= 4 is 12.0 Å². The number of carbonyl (C=O) groups is 1. The number of benzene rings is 1. The lowest BCUT2D eigenvalue weighted by atomic mass is 9.99. The quantitative estimate of drug-likeness (QED) is 0.333. The largest absolute Gasteiger partial charge is 0.462 e. The lowest BCUT2D eigenvalue weighted by molar-refractivity contribution is -0.277. The second-order valence-corrected chi connectivity index (χ2v) is 8.64. The Morgan fingerprint density at radius 1 is 1.09 bits per heavy atom. The maximum Gasteiger partial charge on any atom is 0.330 e. The van der Waals surface area contributed by atoms with Crippen molar-refractivity contribution < 1.29 is 39.4 Å². The van der Waals surface area contributed by atoms with Gasteiger partial charge in [0.05, 0.1) is 13.2 Å². The van der Waals surface area contributed by atoms with Crippen molar-refractivity contribution in [2.45, 2.75) is 56.0 Å². The average molecular weight is 450 g/mol. The van der Waals surface area contributed by atoms with E-state index in [1.54, 1.807) is 30.3 Å². The van der Waals surface area contributed by atoms with E-state index in [0.29, 0.717) is 24.3 Å². The molecule has 9 nitrogen and oxygen atoms in total. The van der Waals surface area contributed by atoms with Gasteiger partial charge in [-0.2, -0.15) is 0 Å². The minimum atomic E-state index is -1.50. The number of hydrogen-bond donors (Lipinski definition) is 4. The highest BCUT2D eigenvalue weighted by molar-refractivity contribution is 5.87. The Bertz CT molecular complexity index is 798. The molecule has 3 saturated heterocycles. The van der Waals surface area contributed by atoms with E-state index >= 15 is 0 Å². The van der Waals surface area contributed by atoms with E-state index in [1.165, 1.54) is 18.9 Å². The SMILES string of the molecule is O=C(C=Cc1ccc(O[C@@H]2O[C@H](CO)[C@@H](O)[C@H](O)[C@H]2O)cc1)OC[C@H]1CCN2CCC[C@@H]12. The van der Waals surface area contributed by atoms with Gasteiger partial charge in [-0.05, 0) is 56.1 Å². The monoisotopic (exact) mass is 449 g/mol. The molecular weight excluding hydrogens is 418 g/mol. The number of carbonyl (C=O) groups excluding carboxylic acids is 1. The summed E-state index contributed by atoms with van der Waals surface area (Å²) in [5.41, 5.74) is 0.755. The molecule has 7 atom stereocenters. The summed E-state index contributed by atoms with van der Waals surface area (Å²) in [5.74, 6) is 0.410. The van der Waals surface area contributed by atoms with Gasteiger partial charge in [-0.25, -0.2) is 4.79 Å². The van der Waals surface area contributed by atoms with Crippen molar-refractivity contribution in [3.05, 3.63) is 35.9 Å². The van der Waals surface area contributed by atoms with Crippen LogP contribution in [0.15, 0.2) is 30.3 Å². The van der Waals surface area contributed by atoms with Crippen LogP contribution in [-0.4, -0.2) is 94.3 Å². The molecule has 3 fully saturated rings. The fourth-order valence-corrected chi connectivity index (χ4v) is 4.74. The van der Waals surface area contributed by atoms with Crippen molar-refractivity contribution in [1.82, 2.24) is 4.90 Å². The molecular formula is C23H31NO8. The van der Waals surface area contributed by atoms with Gasteiger partial charge in [0.25, 0.3) is 0 Å². The molecule has 3 aliphatic heterocycles. The molecule has 0 aliphatic carbocycles. The Morgan fingerprint density at radius 2 is 1.88 bits per heavy atom. The number of esters is 1. The van der Waals surface area contributed by atoms with E-state index in [1.807, 2.05) is 0 Å². The first-order valence-corrected chi connectivity index (χ1v) is 11.1. The van der Waals surface area contributed by atoms with Crippen molar-refractivity contribution in [3.8, 4) is 5.75 Å². The normalized spacial score (nSPS) is 35.2. The standard InChI is InChI=1S/C23H31NO8/c25-12-18-20(27)21(28)22(29)23(32-18)31-16-6-3-14(4-7-16)5-8-19(26)30-13-15-9-11-24-10-1-2-17(15)24/h3-8,15,17-18,20-23,25,27-29H,1-2,9-13H2/t15-,17+,18-,20-,21+,22-,23-/m1/s1. The van der Waals surface area contributed by atoms with E-state index in [9.17, 15) is 25.2 Å². The molecule has 3 heterocycles. The van der Waals surface area contributed by atoms with Crippen molar-refractivity contribution in [2.24, 2.45) is 5.92 Å². The third-order valence-corrected chi connectivity index (χ3v) is 6.58. The fourth-order valence-electron chi connectivity index (χ4n) is 4.74. The second kappa shape index (κ2) is 10.3. The Hall–Kier alpha value is -2.01. The number of rotatable bonds is 7. The zero-order valence-electron chi connectivity index (χ0n) is 17.8. The van der Waals surface area contributed by atoms with Gasteiger partial charge in [-0.1, -0.05) is 12.1 Å². The van der Waals surface area contributed by atoms with Crippen LogP contribution in [0.1, 0.15) is 24.8 Å². The van der Waals surface area contributed by atoms with Gasteiger partial charge < -0.3 is 34.6 Å². The van der Waals surface area contributed by atoms with Crippen LogP contribution in [0.2, 0.25) is 0 Å². The van der Waals surface area contributed by atoms with Gasteiger partial charge in [-0.3, -0.25) is 4.90 Å². The number of hydrogen-bond acceptors (Lipinski definition) is 9. The Balaban J connectivity index is 1.26. The van der Waals surface area contributed by atoms with Gasteiger partial charge in [0, 0.05) is 18.0 Å². The molecule has 0 spiro atoms. The molecule has 1 aromatic carbocycles. The molecule has 176 valence electrons. The van der Waals surface area contributed by atoms with Crippen LogP contribution < -0.4 is 4.74 Å². The number of aliphatic hydroxyl groups is 4. The summed E-state index contributed by atoms with van der Waals surface area (Å²) < 4.78 is 16.3. The van der Waals surface area contributed by atoms with E-state index in [0.717, 1.165) is 25.1 Å². The maximum atomic E-state index is 12.1. The zero-order valence-corrected chi connectivity index (χ0v) is 17.8. The summed E-state index contributed by atoms with van der Waals surface area (Å²) in [4.78, 5) is 14.6. The van der Waals surface area contributed by atoms with Crippen LogP contribution in [0.3, 0.4) is 0 Å². The third kappa shape index (κ3) is 5.14. The minimum absolute atomic E-state index is 0.358. The molecule has 0 radical (unpaired) electrons. The van der Waals surface area contributed by atoms with Crippen LogP contribution in [0.5, 0.6) is 5.75 Å². The number of nitrogens with zero attached hydrogens (tertiary/aromatic N) is 1. The zero-order chi connectivity index (χ0) is 22.7. The summed E-state index contributed by atoms with van der Waals surface area (Å²) in [6.07, 6.45) is -0.143. The van der Waals surface area contributed by atoms with Crippen LogP contribution in [0, 0.1) is 5.92 Å². The maximum absolute atomic E-state index is 12.1. The van der Waals surface area contributed by atoms with Crippen molar-refractivity contribution in [3.63, 3.8) is 0 Å². The topological polar surface area (TPSA) is 129 Å². The molecule has 4 rings (SSSR count). The summed E-state index contributed by atoms with van der Waals surface area (Å²) in [7, 11) is 0. The third-order valence-electron chi connectivity index (χ3n) is 6.58. The first-order chi connectivity index (χ1) is 15.5. The molecule has 0 unspecified atom stereocenters. The van der Waals surface area contributed by atoms with Gasteiger partial charge in [0.2, 0.25) is 6.29 Å². The molecule has 0 aromatic heterocycles. The first kappa shape index (κ1) is 23.2. The Labute approximate surface area is 186 Å². The summed E-state index contributed by atoms with van der Waals surface area (Å²) >= 11 is 0. The second-order valence-electron chi connectivity index (χ2n) is 8.64. The Morgan fingerprint density at radius 3 is 2.62 bits per heavy atom. The molecule has 32 heavy (non-hydrogen) atoms. The van der Waals surface area contributed by atoms with Gasteiger partial charge >= 0.3 is 5.97 Å². The molecule has 3 aliphatic rings. The number of ether oxygens (including phenoxy) is 3. The van der Waals surface area contributed by atoms with Gasteiger partial charge in [0.1, 0.15) is 30.2 Å². The van der Waals surface area contributed by atoms with Crippen molar-refractivity contribution in [1.29, 1.82) is 0 Å². The number of fused-ring (bicyclic) bond motifs is 1. The van der Waals surface area contributed by atoms with Crippen molar-refractivity contribution in [2.75, 3.05) is 26.3 Å². The highest BCUT2D eigenvalue weighted by Gasteiger charge is 2.44.